The van der Waals surface area contributed by atoms with Crippen molar-refractivity contribution in [2.45, 2.75) is 13.0 Å². The Hall–Kier alpha value is -0.570. The van der Waals surface area contributed by atoms with Gasteiger partial charge in [0.25, 0.3) is 0 Å². The number of carbonyl (C=O) groups is 1. The van der Waals surface area contributed by atoms with E-state index in [9.17, 15) is 4.79 Å². The van der Waals surface area contributed by atoms with Gasteiger partial charge < -0.3 is 10.1 Å². The van der Waals surface area contributed by atoms with E-state index in [-0.39, 0.29) is 5.91 Å². The lowest BCUT2D eigenvalue weighted by Gasteiger charge is -2.03. The van der Waals surface area contributed by atoms with Crippen molar-refractivity contribution in [1.29, 1.82) is 0 Å². The molecule has 1 saturated carbocycles. The van der Waals surface area contributed by atoms with Crippen LogP contribution in [-0.2, 0) is 9.53 Å². The van der Waals surface area contributed by atoms with Crippen molar-refractivity contribution in [2.75, 3.05) is 13.2 Å². The zero-order valence-electron chi connectivity index (χ0n) is 5.96. The van der Waals surface area contributed by atoms with Gasteiger partial charge in [0.05, 0.1) is 13.2 Å². The first-order valence-electron chi connectivity index (χ1n) is 3.64. The van der Waals surface area contributed by atoms with Gasteiger partial charge in [0.2, 0.25) is 5.91 Å². The van der Waals surface area contributed by atoms with Crippen LogP contribution in [-0.4, -0.2) is 25.2 Å². The Labute approximate surface area is 59.7 Å². The maximum Gasteiger partial charge on any atom is 0.217 e. The van der Waals surface area contributed by atoms with Gasteiger partial charge in [-0.15, -0.1) is 0 Å². The second-order valence-electron chi connectivity index (χ2n) is 3.09. The lowest BCUT2D eigenvalue weighted by atomic mass is 10.4. The lowest BCUT2D eigenvalue weighted by Crippen LogP contribution is -2.27. The molecular weight excluding hydrogens is 130 g/mol. The molecule has 1 heterocycles. The predicted molar refractivity (Wildman–Crippen MR) is 35.4 cm³/mol. The molecule has 10 heavy (non-hydrogen) atoms. The number of nitrogens with one attached hydrogen (secondary N) is 1. The molecule has 0 aromatic carbocycles. The molecule has 1 saturated heterocycles. The fraction of sp³-hybridized carbons (Fsp3) is 0.857. The van der Waals surface area contributed by atoms with Crippen molar-refractivity contribution < 1.29 is 9.53 Å². The van der Waals surface area contributed by atoms with Crippen LogP contribution in [0.3, 0.4) is 0 Å². The van der Waals surface area contributed by atoms with Gasteiger partial charge >= 0.3 is 0 Å². The molecule has 2 rings (SSSR count). The Morgan fingerprint density at radius 1 is 1.50 bits per heavy atom. The van der Waals surface area contributed by atoms with Gasteiger partial charge in [-0.3, -0.25) is 4.79 Å². The van der Waals surface area contributed by atoms with Crippen molar-refractivity contribution in [3.8, 4) is 0 Å². The smallest absolute Gasteiger partial charge is 0.217 e. The summed E-state index contributed by atoms with van der Waals surface area (Å²) < 4.78 is 5.17. The number of ether oxygens (including phenoxy) is 1. The zero-order chi connectivity index (χ0) is 7.14. The molecule has 1 amide bonds. The van der Waals surface area contributed by atoms with Crippen LogP contribution in [0.25, 0.3) is 0 Å². The number of carbonyl (C=O) groups excluding carboxylic acids is 1. The van der Waals surface area contributed by atoms with Gasteiger partial charge in [0.1, 0.15) is 0 Å². The number of hydrogen-bond donors (Lipinski definition) is 1. The summed E-state index contributed by atoms with van der Waals surface area (Å²) in [7, 11) is 0. The molecule has 3 heteroatoms. The highest BCUT2D eigenvalue weighted by Crippen LogP contribution is 2.43. The number of fused-ring (bicyclic) bond motifs is 1. The monoisotopic (exact) mass is 141 g/mol. The Bertz CT molecular complexity index is 159. The predicted octanol–water partition coefficient (Wildman–Crippen LogP) is -0.233. The maximum absolute atomic E-state index is 10.6. The standard InChI is InChI=1S/C7H11NO2/c1-4(9)8-7-5-2-10-3-6(5)7/h5-7H,2-3H2,1H3,(H,8,9). The van der Waals surface area contributed by atoms with E-state index < -0.39 is 0 Å². The molecule has 1 aliphatic heterocycles. The van der Waals surface area contributed by atoms with Gasteiger partial charge in [-0.05, 0) is 0 Å². The van der Waals surface area contributed by atoms with Crippen LogP contribution in [0.4, 0.5) is 0 Å². The number of hydrogen-bond acceptors (Lipinski definition) is 2. The summed E-state index contributed by atoms with van der Waals surface area (Å²) in [6, 6.07) is 0.436. The Balaban J connectivity index is 1.84. The normalized spacial score (nSPS) is 42.7. The highest BCUT2D eigenvalue weighted by molar-refractivity contribution is 5.73. The van der Waals surface area contributed by atoms with Crippen molar-refractivity contribution in [2.24, 2.45) is 11.8 Å². The van der Waals surface area contributed by atoms with Crippen molar-refractivity contribution in [1.82, 2.24) is 5.32 Å². The van der Waals surface area contributed by atoms with Crippen molar-refractivity contribution in [3.05, 3.63) is 0 Å². The van der Waals surface area contributed by atoms with Gasteiger partial charge in [-0.1, -0.05) is 0 Å². The molecule has 2 unspecified atom stereocenters. The van der Waals surface area contributed by atoms with Crippen LogP contribution in [0.5, 0.6) is 0 Å². The zero-order valence-corrected chi connectivity index (χ0v) is 5.96. The fourth-order valence-electron chi connectivity index (χ4n) is 1.69. The van der Waals surface area contributed by atoms with Crippen LogP contribution in [0.2, 0.25) is 0 Å². The number of amides is 1. The Morgan fingerprint density at radius 2 is 2.10 bits per heavy atom. The Kier molecular flexibility index (Phi) is 1.20. The second kappa shape index (κ2) is 1.95. The first-order chi connectivity index (χ1) is 4.79. The summed E-state index contributed by atoms with van der Waals surface area (Å²) >= 11 is 0. The van der Waals surface area contributed by atoms with E-state index in [1.54, 1.807) is 6.92 Å². The fourth-order valence-corrected chi connectivity index (χ4v) is 1.69. The largest absolute Gasteiger partial charge is 0.381 e. The van der Waals surface area contributed by atoms with E-state index in [2.05, 4.69) is 5.32 Å². The molecule has 1 aliphatic carbocycles. The second-order valence-corrected chi connectivity index (χ2v) is 3.09. The van der Waals surface area contributed by atoms with E-state index in [0.29, 0.717) is 17.9 Å². The average Bonchev–Trinajstić information content (AvgIpc) is 2.40. The van der Waals surface area contributed by atoms with Crippen LogP contribution in [0.1, 0.15) is 6.92 Å². The van der Waals surface area contributed by atoms with Gasteiger partial charge in [-0.25, -0.2) is 0 Å². The summed E-state index contributed by atoms with van der Waals surface area (Å²) in [5.74, 6) is 1.34. The van der Waals surface area contributed by atoms with Gasteiger partial charge in [0.15, 0.2) is 0 Å². The summed E-state index contributed by atoms with van der Waals surface area (Å²) in [5, 5.41) is 2.90. The van der Waals surface area contributed by atoms with Crippen molar-refractivity contribution >= 4 is 5.91 Å². The number of rotatable bonds is 1. The topological polar surface area (TPSA) is 38.3 Å². The summed E-state index contributed by atoms with van der Waals surface area (Å²) in [5.41, 5.74) is 0. The van der Waals surface area contributed by atoms with Crippen LogP contribution in [0, 0.1) is 11.8 Å². The molecule has 0 spiro atoms. The molecule has 2 aliphatic rings. The minimum atomic E-state index is 0.0828. The van der Waals surface area contributed by atoms with Crippen LogP contribution >= 0.6 is 0 Å². The molecule has 1 N–H and O–H groups in total. The lowest BCUT2D eigenvalue weighted by molar-refractivity contribution is -0.119. The summed E-state index contributed by atoms with van der Waals surface area (Å²) in [6.45, 7) is 3.25. The first-order valence-corrected chi connectivity index (χ1v) is 3.64. The molecule has 0 aromatic rings. The van der Waals surface area contributed by atoms with E-state index in [1.165, 1.54) is 0 Å². The molecule has 2 atom stereocenters. The van der Waals surface area contributed by atoms with Crippen LogP contribution in [0.15, 0.2) is 0 Å². The Morgan fingerprint density at radius 3 is 2.60 bits per heavy atom. The quantitative estimate of drug-likeness (QED) is 0.547. The molecule has 3 nitrogen and oxygen atoms in total. The molecule has 2 fully saturated rings. The first kappa shape index (κ1) is 6.16. The SMILES string of the molecule is CC(=O)NC1C2COCC21. The highest BCUT2D eigenvalue weighted by Gasteiger charge is 2.54. The molecule has 56 valence electrons. The molecule has 0 bridgehead atoms. The average molecular weight is 141 g/mol. The van der Waals surface area contributed by atoms with E-state index in [4.69, 9.17) is 4.74 Å². The van der Waals surface area contributed by atoms with Crippen molar-refractivity contribution in [3.63, 3.8) is 0 Å². The van der Waals surface area contributed by atoms with E-state index in [1.807, 2.05) is 0 Å². The minimum absolute atomic E-state index is 0.0828. The summed E-state index contributed by atoms with van der Waals surface area (Å²) in [4.78, 5) is 10.6. The van der Waals surface area contributed by atoms with Gasteiger partial charge in [0, 0.05) is 24.8 Å². The summed E-state index contributed by atoms with van der Waals surface area (Å²) in [6.07, 6.45) is 0. The third kappa shape index (κ3) is 0.814. The van der Waals surface area contributed by atoms with E-state index >= 15 is 0 Å². The highest BCUT2D eigenvalue weighted by atomic mass is 16.5. The van der Waals surface area contributed by atoms with Crippen LogP contribution < -0.4 is 5.32 Å². The molecule has 0 aromatic heterocycles. The maximum atomic E-state index is 10.6. The van der Waals surface area contributed by atoms with E-state index in [0.717, 1.165) is 13.2 Å². The molecular formula is C7H11NO2. The van der Waals surface area contributed by atoms with Gasteiger partial charge in [-0.2, -0.15) is 0 Å². The molecule has 0 radical (unpaired) electrons. The third-order valence-electron chi connectivity index (χ3n) is 2.32. The third-order valence-corrected chi connectivity index (χ3v) is 2.32. The minimum Gasteiger partial charge on any atom is -0.381 e.